The van der Waals surface area contributed by atoms with Gasteiger partial charge in [0, 0.05) is 43.3 Å². The quantitative estimate of drug-likeness (QED) is 0.886. The van der Waals surface area contributed by atoms with Crippen molar-refractivity contribution in [3.63, 3.8) is 0 Å². The Kier molecular flexibility index (Phi) is 4.82. The minimum Gasteiger partial charge on any atom is -0.338 e. The van der Waals surface area contributed by atoms with E-state index in [1.807, 2.05) is 35.2 Å². The van der Waals surface area contributed by atoms with Crippen molar-refractivity contribution < 1.29 is 9.69 Å². The first-order valence-electron chi connectivity index (χ1n) is 8.82. The summed E-state index contributed by atoms with van der Waals surface area (Å²) in [6.45, 7) is 9.27. The lowest BCUT2D eigenvalue weighted by molar-refractivity contribution is -0.938. The average Bonchev–Trinajstić information content (AvgIpc) is 2.54. The van der Waals surface area contributed by atoms with Crippen LogP contribution in [0.3, 0.4) is 0 Å². The molecule has 2 heterocycles. The van der Waals surface area contributed by atoms with Crippen molar-refractivity contribution in [1.82, 2.24) is 4.90 Å². The fraction of sp³-hybridized carbons (Fsp3) is 0.632. The number of nitrogens with one attached hydrogen (secondary N) is 1. The van der Waals surface area contributed by atoms with Gasteiger partial charge in [-0.3, -0.25) is 4.79 Å². The summed E-state index contributed by atoms with van der Waals surface area (Å²) in [5.74, 6) is 1.90. The van der Waals surface area contributed by atoms with E-state index >= 15 is 0 Å². The van der Waals surface area contributed by atoms with E-state index in [2.05, 4.69) is 13.8 Å². The zero-order valence-corrected chi connectivity index (χ0v) is 13.9. The van der Waals surface area contributed by atoms with Crippen molar-refractivity contribution in [1.29, 1.82) is 0 Å². The van der Waals surface area contributed by atoms with E-state index in [4.69, 9.17) is 0 Å². The molecule has 0 bridgehead atoms. The van der Waals surface area contributed by atoms with Crippen LogP contribution in [0.4, 0.5) is 0 Å². The van der Waals surface area contributed by atoms with E-state index in [1.54, 1.807) is 4.90 Å². The van der Waals surface area contributed by atoms with Gasteiger partial charge in [-0.2, -0.15) is 0 Å². The van der Waals surface area contributed by atoms with E-state index in [-0.39, 0.29) is 5.91 Å². The van der Waals surface area contributed by atoms with Crippen LogP contribution in [-0.4, -0.2) is 43.0 Å². The highest BCUT2D eigenvalue weighted by Crippen LogP contribution is 2.16. The summed E-state index contributed by atoms with van der Waals surface area (Å²) in [4.78, 5) is 16.3. The zero-order chi connectivity index (χ0) is 15.5. The Hall–Kier alpha value is -1.35. The molecule has 2 aliphatic rings. The number of hydrogen-bond donors (Lipinski definition) is 1. The van der Waals surface area contributed by atoms with Crippen LogP contribution in [-0.2, 0) is 0 Å². The van der Waals surface area contributed by atoms with Crippen LogP contribution in [0.25, 0.3) is 0 Å². The summed E-state index contributed by atoms with van der Waals surface area (Å²) in [7, 11) is 0. The number of carbonyl (C=O) groups is 1. The van der Waals surface area contributed by atoms with E-state index in [0.29, 0.717) is 0 Å². The highest BCUT2D eigenvalue weighted by Gasteiger charge is 2.34. The van der Waals surface area contributed by atoms with Gasteiger partial charge in [0.2, 0.25) is 0 Å². The van der Waals surface area contributed by atoms with Gasteiger partial charge in [0.05, 0.1) is 19.1 Å². The van der Waals surface area contributed by atoms with Gasteiger partial charge < -0.3 is 9.80 Å². The van der Waals surface area contributed by atoms with Crippen LogP contribution in [0.15, 0.2) is 30.3 Å². The molecule has 2 unspecified atom stereocenters. The number of quaternary nitrogens is 1. The van der Waals surface area contributed by atoms with Gasteiger partial charge in [-0.15, -0.1) is 0 Å². The first kappa shape index (κ1) is 15.5. The van der Waals surface area contributed by atoms with Gasteiger partial charge in [-0.1, -0.05) is 32.0 Å². The molecule has 1 aromatic carbocycles. The predicted octanol–water partition coefficient (Wildman–Crippen LogP) is 1.85. The molecule has 1 N–H and O–H groups in total. The number of likely N-dealkylation sites (tertiary alicyclic amines) is 2. The normalized spacial score (nSPS) is 30.3. The van der Waals surface area contributed by atoms with Crippen molar-refractivity contribution in [2.45, 2.75) is 39.2 Å². The molecule has 3 heteroatoms. The van der Waals surface area contributed by atoms with Gasteiger partial charge in [0.15, 0.2) is 0 Å². The van der Waals surface area contributed by atoms with Crippen molar-refractivity contribution in [2.75, 3.05) is 26.2 Å². The minimum absolute atomic E-state index is 0.203. The minimum atomic E-state index is 0.203. The lowest BCUT2D eigenvalue weighted by Gasteiger charge is -2.41. The van der Waals surface area contributed by atoms with Crippen molar-refractivity contribution in [3.8, 4) is 0 Å². The summed E-state index contributed by atoms with van der Waals surface area (Å²) in [6.07, 6.45) is 3.70. The Labute approximate surface area is 134 Å². The lowest BCUT2D eigenvalue weighted by Crippen LogP contribution is -3.18. The van der Waals surface area contributed by atoms with Crippen molar-refractivity contribution >= 4 is 5.91 Å². The second kappa shape index (κ2) is 6.82. The Morgan fingerprint density at radius 1 is 1.05 bits per heavy atom. The molecule has 1 aromatic rings. The molecule has 2 atom stereocenters. The molecule has 120 valence electrons. The van der Waals surface area contributed by atoms with Gasteiger partial charge in [0.1, 0.15) is 0 Å². The maximum atomic E-state index is 12.5. The number of hydrogen-bond acceptors (Lipinski definition) is 1. The maximum absolute atomic E-state index is 12.5. The van der Waals surface area contributed by atoms with E-state index in [1.165, 1.54) is 19.5 Å². The molecule has 22 heavy (non-hydrogen) atoms. The molecule has 0 aliphatic carbocycles. The summed E-state index contributed by atoms with van der Waals surface area (Å²) in [5, 5.41) is 0. The van der Waals surface area contributed by atoms with Crippen molar-refractivity contribution in [2.24, 2.45) is 11.8 Å². The third-order valence-corrected chi connectivity index (χ3v) is 5.41. The molecule has 2 fully saturated rings. The predicted molar refractivity (Wildman–Crippen MR) is 89.0 cm³/mol. The Balaban J connectivity index is 1.55. The first-order valence-corrected chi connectivity index (χ1v) is 8.82. The molecule has 2 saturated heterocycles. The molecular weight excluding hydrogens is 272 g/mol. The fourth-order valence-corrected chi connectivity index (χ4v) is 4.42. The van der Waals surface area contributed by atoms with Crippen LogP contribution in [0.1, 0.15) is 43.5 Å². The molecular formula is C19H29N2O+. The number of rotatable bonds is 2. The van der Waals surface area contributed by atoms with Gasteiger partial charge in [-0.25, -0.2) is 0 Å². The van der Waals surface area contributed by atoms with E-state index < -0.39 is 0 Å². The monoisotopic (exact) mass is 301 g/mol. The zero-order valence-electron chi connectivity index (χ0n) is 13.9. The third-order valence-electron chi connectivity index (χ3n) is 5.41. The highest BCUT2D eigenvalue weighted by molar-refractivity contribution is 5.94. The van der Waals surface area contributed by atoms with Gasteiger partial charge >= 0.3 is 0 Å². The molecule has 2 aliphatic heterocycles. The number of carbonyl (C=O) groups excluding carboxylic acids is 1. The molecule has 0 spiro atoms. The Morgan fingerprint density at radius 2 is 1.64 bits per heavy atom. The standard InChI is InChI=1S/C19H28N2O/c1-15-12-16(2)14-21(13-15)18-8-10-20(11-9-18)19(22)17-6-4-3-5-7-17/h3-7,15-16,18H,8-14H2,1-2H3/p+1. The van der Waals surface area contributed by atoms with Crippen LogP contribution in [0, 0.1) is 11.8 Å². The number of piperidine rings is 2. The van der Waals surface area contributed by atoms with Crippen LogP contribution >= 0.6 is 0 Å². The van der Waals surface area contributed by atoms with Crippen LogP contribution < -0.4 is 4.90 Å². The van der Waals surface area contributed by atoms with Gasteiger partial charge in [0.25, 0.3) is 5.91 Å². The smallest absolute Gasteiger partial charge is 0.253 e. The molecule has 3 rings (SSSR count). The summed E-state index contributed by atoms with van der Waals surface area (Å²) in [5.41, 5.74) is 0.827. The number of benzene rings is 1. The van der Waals surface area contributed by atoms with E-state index in [9.17, 15) is 4.79 Å². The number of amides is 1. The topological polar surface area (TPSA) is 24.8 Å². The third kappa shape index (κ3) is 3.52. The Bertz CT molecular complexity index is 483. The SMILES string of the molecule is CC1CC(C)C[NH+](C2CCN(C(=O)c3ccccc3)CC2)C1. The fourth-order valence-electron chi connectivity index (χ4n) is 4.42. The highest BCUT2D eigenvalue weighted by atomic mass is 16.2. The summed E-state index contributed by atoms with van der Waals surface area (Å²) in [6, 6.07) is 10.5. The lowest BCUT2D eigenvalue weighted by atomic mass is 9.89. The number of nitrogens with zero attached hydrogens (tertiary/aromatic N) is 1. The average molecular weight is 301 g/mol. The molecule has 0 saturated carbocycles. The summed E-state index contributed by atoms with van der Waals surface area (Å²) >= 11 is 0. The van der Waals surface area contributed by atoms with E-state index in [0.717, 1.165) is 49.4 Å². The summed E-state index contributed by atoms with van der Waals surface area (Å²) < 4.78 is 0. The maximum Gasteiger partial charge on any atom is 0.253 e. The molecule has 0 aromatic heterocycles. The van der Waals surface area contributed by atoms with Crippen molar-refractivity contribution in [3.05, 3.63) is 35.9 Å². The van der Waals surface area contributed by atoms with Crippen LogP contribution in [0.5, 0.6) is 0 Å². The molecule has 0 radical (unpaired) electrons. The molecule has 3 nitrogen and oxygen atoms in total. The first-order chi connectivity index (χ1) is 10.6. The molecule has 1 amide bonds. The largest absolute Gasteiger partial charge is 0.338 e. The Morgan fingerprint density at radius 3 is 2.23 bits per heavy atom. The second-order valence-electron chi connectivity index (χ2n) is 7.45. The second-order valence-corrected chi connectivity index (χ2v) is 7.45. The van der Waals surface area contributed by atoms with Crippen LogP contribution in [0.2, 0.25) is 0 Å². The van der Waals surface area contributed by atoms with Gasteiger partial charge in [-0.05, 0) is 18.6 Å².